The highest BCUT2D eigenvalue weighted by Crippen LogP contribution is 2.40. The second-order valence-corrected chi connectivity index (χ2v) is 6.85. The lowest BCUT2D eigenvalue weighted by Gasteiger charge is -2.24. The Morgan fingerprint density at radius 1 is 1.36 bits per heavy atom. The molecule has 0 saturated carbocycles. The monoisotopic (exact) mass is 444 g/mol. The van der Waals surface area contributed by atoms with Crippen molar-refractivity contribution in [2.45, 2.75) is 19.4 Å². The van der Waals surface area contributed by atoms with Gasteiger partial charge in [0.25, 0.3) is 0 Å². The Bertz CT molecular complexity index is 1020. The zero-order valence-electron chi connectivity index (χ0n) is 15.2. The molecule has 0 amide bonds. The lowest BCUT2D eigenvalue weighted by atomic mass is 9.87. The molecular weight excluding hydrogens is 428 g/mol. The van der Waals surface area contributed by atoms with Crippen LogP contribution >= 0.6 is 15.9 Å². The van der Waals surface area contributed by atoms with Crippen LogP contribution in [0.5, 0.6) is 5.75 Å². The summed E-state index contributed by atoms with van der Waals surface area (Å²) in [4.78, 5) is 12.3. The highest BCUT2D eigenvalue weighted by molar-refractivity contribution is 9.10. The first-order valence-electron chi connectivity index (χ1n) is 8.28. The molecule has 1 aliphatic rings. The Balaban J connectivity index is 1.89. The Morgan fingerprint density at radius 2 is 2.14 bits per heavy atom. The molecule has 1 aromatic carbocycles. The van der Waals surface area contributed by atoms with Crippen LogP contribution in [0.3, 0.4) is 0 Å². The van der Waals surface area contributed by atoms with E-state index in [0.717, 1.165) is 4.47 Å². The van der Waals surface area contributed by atoms with E-state index in [-0.39, 0.29) is 29.4 Å². The van der Waals surface area contributed by atoms with Crippen molar-refractivity contribution in [2.24, 2.45) is 5.73 Å². The molecular formula is C20H17BrN2O5. The standard InChI is InChI=1S/C20H17BrN2O5/c1-11-17(20(24)25-2)18(15(9-22)19(23)27-11)16-7-6-14(28-16)10-26-13-5-3-4-12(21)8-13/h3-8,18H,10,23H2,1-2H3/t18-/m0/s1. The van der Waals surface area contributed by atoms with Crippen molar-refractivity contribution in [3.8, 4) is 11.8 Å². The molecule has 2 N–H and O–H groups in total. The van der Waals surface area contributed by atoms with E-state index >= 15 is 0 Å². The lowest BCUT2D eigenvalue weighted by molar-refractivity contribution is -0.136. The van der Waals surface area contributed by atoms with Gasteiger partial charge in [0.2, 0.25) is 5.88 Å². The third-order valence-corrected chi connectivity index (χ3v) is 4.65. The number of nitriles is 1. The van der Waals surface area contributed by atoms with Gasteiger partial charge in [-0.25, -0.2) is 4.79 Å². The molecule has 0 spiro atoms. The number of benzene rings is 1. The van der Waals surface area contributed by atoms with E-state index in [1.165, 1.54) is 7.11 Å². The summed E-state index contributed by atoms with van der Waals surface area (Å²) in [7, 11) is 1.26. The zero-order valence-corrected chi connectivity index (χ0v) is 16.8. The van der Waals surface area contributed by atoms with Gasteiger partial charge in [-0.05, 0) is 37.3 Å². The molecule has 1 aromatic heterocycles. The number of furan rings is 1. The number of methoxy groups -OCH3 is 1. The number of carbonyl (C=O) groups is 1. The van der Waals surface area contributed by atoms with Gasteiger partial charge in [-0.1, -0.05) is 22.0 Å². The maximum Gasteiger partial charge on any atom is 0.338 e. The smallest absolute Gasteiger partial charge is 0.338 e. The molecule has 2 aromatic rings. The predicted molar refractivity (Wildman–Crippen MR) is 103 cm³/mol. The van der Waals surface area contributed by atoms with Crippen molar-refractivity contribution in [1.29, 1.82) is 5.26 Å². The highest BCUT2D eigenvalue weighted by Gasteiger charge is 2.38. The van der Waals surface area contributed by atoms with E-state index in [4.69, 9.17) is 24.4 Å². The second kappa shape index (κ2) is 8.23. The Kier molecular flexibility index (Phi) is 5.76. The molecule has 0 unspecified atom stereocenters. The normalized spacial score (nSPS) is 16.4. The van der Waals surface area contributed by atoms with Gasteiger partial charge in [0.15, 0.2) is 0 Å². The summed E-state index contributed by atoms with van der Waals surface area (Å²) in [5.41, 5.74) is 6.10. The van der Waals surface area contributed by atoms with Crippen molar-refractivity contribution >= 4 is 21.9 Å². The average molecular weight is 445 g/mol. The van der Waals surface area contributed by atoms with E-state index in [2.05, 4.69) is 15.9 Å². The minimum atomic E-state index is -0.814. The topological polar surface area (TPSA) is 108 Å². The van der Waals surface area contributed by atoms with Crippen LogP contribution in [-0.2, 0) is 20.9 Å². The van der Waals surface area contributed by atoms with Gasteiger partial charge < -0.3 is 24.4 Å². The molecule has 0 aliphatic carbocycles. The molecule has 0 bridgehead atoms. The van der Waals surface area contributed by atoms with Crippen molar-refractivity contribution < 1.29 is 23.4 Å². The maximum atomic E-state index is 12.3. The number of nitrogens with two attached hydrogens (primary N) is 1. The van der Waals surface area contributed by atoms with Crippen molar-refractivity contribution in [2.75, 3.05) is 7.11 Å². The molecule has 144 valence electrons. The van der Waals surface area contributed by atoms with Crippen LogP contribution in [0, 0.1) is 11.3 Å². The largest absolute Gasteiger partial charge is 0.486 e. The van der Waals surface area contributed by atoms with Crippen LogP contribution < -0.4 is 10.5 Å². The number of ether oxygens (including phenoxy) is 3. The number of hydrogen-bond acceptors (Lipinski definition) is 7. The maximum absolute atomic E-state index is 12.3. The second-order valence-electron chi connectivity index (χ2n) is 5.94. The first-order valence-corrected chi connectivity index (χ1v) is 9.07. The Morgan fingerprint density at radius 3 is 2.82 bits per heavy atom. The SMILES string of the molecule is COC(=O)C1=C(C)OC(N)=C(C#N)[C@H]1c1ccc(COc2cccc(Br)c2)o1. The summed E-state index contributed by atoms with van der Waals surface area (Å²) in [5, 5.41) is 9.52. The Labute approximate surface area is 170 Å². The summed E-state index contributed by atoms with van der Waals surface area (Å²) >= 11 is 3.39. The van der Waals surface area contributed by atoms with Gasteiger partial charge in [0.05, 0.1) is 18.6 Å². The fourth-order valence-corrected chi connectivity index (χ4v) is 3.26. The molecule has 2 heterocycles. The van der Waals surface area contributed by atoms with Crippen LogP contribution in [0.4, 0.5) is 0 Å². The number of esters is 1. The van der Waals surface area contributed by atoms with Gasteiger partial charge in [-0.3, -0.25) is 0 Å². The van der Waals surface area contributed by atoms with E-state index in [0.29, 0.717) is 17.3 Å². The summed E-state index contributed by atoms with van der Waals surface area (Å²) in [5.74, 6) is 0.329. The summed E-state index contributed by atoms with van der Waals surface area (Å²) < 4.78 is 22.6. The quantitative estimate of drug-likeness (QED) is 0.696. The lowest BCUT2D eigenvalue weighted by Crippen LogP contribution is -2.24. The molecule has 0 radical (unpaired) electrons. The zero-order chi connectivity index (χ0) is 20.3. The summed E-state index contributed by atoms with van der Waals surface area (Å²) in [6.07, 6.45) is 0. The minimum absolute atomic E-state index is 0.0685. The van der Waals surface area contributed by atoms with E-state index < -0.39 is 11.9 Å². The third-order valence-electron chi connectivity index (χ3n) is 4.16. The number of halogens is 1. The first-order chi connectivity index (χ1) is 13.4. The molecule has 1 aliphatic heterocycles. The number of hydrogen-bond donors (Lipinski definition) is 1. The molecule has 0 saturated heterocycles. The van der Waals surface area contributed by atoms with Gasteiger partial charge in [0.1, 0.15) is 41.3 Å². The predicted octanol–water partition coefficient (Wildman–Crippen LogP) is 3.88. The number of nitrogens with zero attached hydrogens (tertiary/aromatic N) is 1. The molecule has 3 rings (SSSR count). The van der Waals surface area contributed by atoms with Crippen molar-refractivity contribution in [1.82, 2.24) is 0 Å². The van der Waals surface area contributed by atoms with Crippen LogP contribution in [-0.4, -0.2) is 13.1 Å². The highest BCUT2D eigenvalue weighted by atomic mass is 79.9. The third kappa shape index (κ3) is 3.89. The first kappa shape index (κ1) is 19.6. The minimum Gasteiger partial charge on any atom is -0.486 e. The molecule has 28 heavy (non-hydrogen) atoms. The number of rotatable bonds is 5. The van der Waals surface area contributed by atoms with Gasteiger partial charge in [0, 0.05) is 4.47 Å². The van der Waals surface area contributed by atoms with Crippen LogP contribution in [0.1, 0.15) is 24.4 Å². The van der Waals surface area contributed by atoms with Crippen LogP contribution in [0.25, 0.3) is 0 Å². The fraction of sp³-hybridized carbons (Fsp3) is 0.200. The van der Waals surface area contributed by atoms with Crippen LogP contribution in [0.2, 0.25) is 0 Å². The molecule has 1 atom stereocenters. The molecule has 7 nitrogen and oxygen atoms in total. The van der Waals surface area contributed by atoms with Gasteiger partial charge in [-0.2, -0.15) is 5.26 Å². The van der Waals surface area contributed by atoms with E-state index in [1.807, 2.05) is 30.3 Å². The Hall–Kier alpha value is -3.18. The van der Waals surface area contributed by atoms with E-state index in [9.17, 15) is 10.1 Å². The van der Waals surface area contributed by atoms with Gasteiger partial charge in [-0.15, -0.1) is 0 Å². The summed E-state index contributed by atoms with van der Waals surface area (Å²) in [6.45, 7) is 1.76. The van der Waals surface area contributed by atoms with Crippen molar-refractivity contribution in [3.05, 3.63) is 75.2 Å². The van der Waals surface area contributed by atoms with E-state index in [1.54, 1.807) is 19.1 Å². The number of allylic oxidation sites excluding steroid dienone is 2. The van der Waals surface area contributed by atoms with Gasteiger partial charge >= 0.3 is 5.97 Å². The van der Waals surface area contributed by atoms with Crippen LogP contribution in [0.15, 0.2) is 68.1 Å². The average Bonchev–Trinajstić information content (AvgIpc) is 3.14. The number of carbonyl (C=O) groups excluding carboxylic acids is 1. The molecule has 0 fully saturated rings. The van der Waals surface area contributed by atoms with Crippen molar-refractivity contribution in [3.63, 3.8) is 0 Å². The molecule has 8 heteroatoms. The summed E-state index contributed by atoms with van der Waals surface area (Å²) in [6, 6.07) is 12.8. The fourth-order valence-electron chi connectivity index (χ4n) is 2.88.